The molecule has 0 atom stereocenters. The molecule has 2 heterocycles. The van der Waals surface area contributed by atoms with Gasteiger partial charge in [0.05, 0.1) is 11.3 Å². The molecule has 1 aliphatic rings. The molecule has 5 nitrogen and oxygen atoms in total. The first kappa shape index (κ1) is 20.8. The van der Waals surface area contributed by atoms with E-state index in [4.69, 9.17) is 0 Å². The zero-order valence-electron chi connectivity index (χ0n) is 18.1. The molecule has 0 radical (unpaired) electrons. The van der Waals surface area contributed by atoms with Crippen molar-refractivity contribution in [3.8, 4) is 0 Å². The van der Waals surface area contributed by atoms with E-state index in [1.165, 1.54) is 24.3 Å². The summed E-state index contributed by atoms with van der Waals surface area (Å²) in [5.74, 6) is -0.934. The number of nitrogens with zero attached hydrogens (tertiary/aromatic N) is 1. The van der Waals surface area contributed by atoms with E-state index < -0.39 is 11.2 Å². The van der Waals surface area contributed by atoms with Crippen LogP contribution >= 0.6 is 0 Å². The van der Waals surface area contributed by atoms with E-state index >= 15 is 0 Å². The Balaban J connectivity index is 1.89. The summed E-state index contributed by atoms with van der Waals surface area (Å²) < 4.78 is 13.4. The third-order valence-electron chi connectivity index (χ3n) is 5.52. The van der Waals surface area contributed by atoms with Gasteiger partial charge in [-0.2, -0.15) is 0 Å². The highest BCUT2D eigenvalue weighted by atomic mass is 19.1. The molecule has 0 bridgehead atoms. The summed E-state index contributed by atoms with van der Waals surface area (Å²) >= 11 is 0. The Labute approximate surface area is 180 Å². The van der Waals surface area contributed by atoms with Crippen molar-refractivity contribution in [3.05, 3.63) is 77.4 Å². The Morgan fingerprint density at radius 3 is 2.45 bits per heavy atom. The molecule has 0 saturated heterocycles. The summed E-state index contributed by atoms with van der Waals surface area (Å²) in [4.78, 5) is 31.4. The summed E-state index contributed by atoms with van der Waals surface area (Å²) in [6.07, 6.45) is 1.62. The molecule has 2 amide bonds. The number of fused-ring (bicyclic) bond motifs is 3. The third kappa shape index (κ3) is 3.85. The monoisotopic (exact) mass is 419 g/mol. The number of halogens is 1. The Hall–Kier alpha value is -3.41. The molecule has 0 saturated carbocycles. The number of nitrogens with one attached hydrogen (secondary N) is 2. The van der Waals surface area contributed by atoms with Crippen LogP contribution in [0.5, 0.6) is 0 Å². The predicted octanol–water partition coefficient (Wildman–Crippen LogP) is 4.61. The molecule has 6 heteroatoms. The smallest absolute Gasteiger partial charge is 0.257 e. The van der Waals surface area contributed by atoms with Crippen LogP contribution in [0.15, 0.2) is 54.7 Å². The van der Waals surface area contributed by atoms with Crippen molar-refractivity contribution < 1.29 is 14.0 Å². The first-order valence-electron chi connectivity index (χ1n) is 10.4. The Bertz CT molecular complexity index is 1190. The number of carbonyl (C=O) groups is 2. The maximum absolute atomic E-state index is 13.4. The van der Waals surface area contributed by atoms with Gasteiger partial charge in [0.25, 0.3) is 11.8 Å². The second-order valence-corrected chi connectivity index (χ2v) is 8.92. The topological polar surface area (TPSA) is 65.2 Å². The lowest BCUT2D eigenvalue weighted by molar-refractivity contribution is -0.116. The highest BCUT2D eigenvalue weighted by Crippen LogP contribution is 2.40. The molecule has 4 rings (SSSR count). The van der Waals surface area contributed by atoms with E-state index in [0.29, 0.717) is 17.7 Å². The lowest BCUT2D eigenvalue weighted by Crippen LogP contribution is -2.37. The minimum absolute atomic E-state index is 0.0567. The maximum atomic E-state index is 13.4. The number of aromatic amines is 1. The van der Waals surface area contributed by atoms with Crippen molar-refractivity contribution in [1.82, 2.24) is 15.2 Å². The van der Waals surface area contributed by atoms with Crippen LogP contribution in [0.2, 0.25) is 0 Å². The van der Waals surface area contributed by atoms with E-state index in [9.17, 15) is 14.0 Å². The number of rotatable bonds is 3. The van der Waals surface area contributed by atoms with Crippen LogP contribution in [0.4, 0.5) is 4.39 Å². The van der Waals surface area contributed by atoms with Gasteiger partial charge in [0, 0.05) is 40.7 Å². The zero-order valence-corrected chi connectivity index (χ0v) is 18.1. The van der Waals surface area contributed by atoms with Gasteiger partial charge in [-0.15, -0.1) is 0 Å². The quantitative estimate of drug-likeness (QED) is 0.651. The van der Waals surface area contributed by atoms with Gasteiger partial charge in [-0.1, -0.05) is 32.0 Å². The minimum Gasteiger partial charge on any atom is -0.354 e. The lowest BCUT2D eigenvalue weighted by Gasteiger charge is -2.29. The summed E-state index contributed by atoms with van der Waals surface area (Å²) in [5, 5.41) is 3.97. The molecule has 31 heavy (non-hydrogen) atoms. The highest BCUT2D eigenvalue weighted by Gasteiger charge is 2.37. The fraction of sp³-hybridized carbons (Fsp3) is 0.280. The average Bonchev–Trinajstić information content (AvgIpc) is 3.05. The third-order valence-corrected chi connectivity index (χ3v) is 5.52. The maximum Gasteiger partial charge on any atom is 0.257 e. The lowest BCUT2D eigenvalue weighted by atomic mass is 9.81. The van der Waals surface area contributed by atoms with Crippen LogP contribution in [0.25, 0.3) is 16.5 Å². The molecular weight excluding hydrogens is 393 g/mol. The van der Waals surface area contributed by atoms with Crippen LogP contribution in [-0.2, 0) is 10.2 Å². The Morgan fingerprint density at radius 2 is 1.77 bits per heavy atom. The number of amides is 2. The molecule has 0 fully saturated rings. The molecule has 3 aromatic rings. The standard InChI is InChI=1S/C25H26FN3O2/c1-15(2)27-23(30)19-13-29(24(31)16-9-11-17(26)12-10-16)14-25(3,4)21-18-7-5-6-8-20(18)28-22(19)21/h5-13,15,28H,14H2,1-4H3,(H,27,30). The van der Waals surface area contributed by atoms with E-state index in [0.717, 1.165) is 22.2 Å². The zero-order chi connectivity index (χ0) is 22.3. The summed E-state index contributed by atoms with van der Waals surface area (Å²) in [6, 6.07) is 13.3. The molecule has 0 spiro atoms. The van der Waals surface area contributed by atoms with Gasteiger partial charge in [-0.25, -0.2) is 4.39 Å². The van der Waals surface area contributed by atoms with Crippen molar-refractivity contribution in [2.24, 2.45) is 0 Å². The van der Waals surface area contributed by atoms with Crippen LogP contribution in [-0.4, -0.2) is 34.3 Å². The molecule has 1 aliphatic heterocycles. The summed E-state index contributed by atoms with van der Waals surface area (Å²) in [6.45, 7) is 8.29. The number of H-pyrrole nitrogens is 1. The van der Waals surface area contributed by atoms with Crippen LogP contribution < -0.4 is 5.32 Å². The summed E-state index contributed by atoms with van der Waals surface area (Å²) in [7, 11) is 0. The van der Waals surface area contributed by atoms with Crippen molar-refractivity contribution in [2.75, 3.05) is 6.54 Å². The fourth-order valence-electron chi connectivity index (χ4n) is 4.22. The normalized spacial score (nSPS) is 15.4. The van der Waals surface area contributed by atoms with Gasteiger partial charge >= 0.3 is 0 Å². The van der Waals surface area contributed by atoms with Gasteiger partial charge < -0.3 is 15.2 Å². The van der Waals surface area contributed by atoms with E-state index in [-0.39, 0.29) is 17.9 Å². The fourth-order valence-corrected chi connectivity index (χ4v) is 4.22. The molecule has 160 valence electrons. The molecule has 0 unspecified atom stereocenters. The van der Waals surface area contributed by atoms with Gasteiger partial charge in [0.15, 0.2) is 0 Å². The van der Waals surface area contributed by atoms with Gasteiger partial charge in [0.1, 0.15) is 5.82 Å². The number of carbonyl (C=O) groups excluding carboxylic acids is 2. The molecule has 0 aliphatic carbocycles. The van der Waals surface area contributed by atoms with Crippen molar-refractivity contribution in [1.29, 1.82) is 0 Å². The molecule has 1 aromatic heterocycles. The number of aromatic nitrogens is 1. The molecule has 2 N–H and O–H groups in total. The van der Waals surface area contributed by atoms with Crippen LogP contribution in [0.3, 0.4) is 0 Å². The van der Waals surface area contributed by atoms with Crippen molar-refractivity contribution in [3.63, 3.8) is 0 Å². The Morgan fingerprint density at radius 1 is 1.10 bits per heavy atom. The SMILES string of the molecule is CC(C)NC(=O)C1=CN(C(=O)c2ccc(F)cc2)CC(C)(C)c2c1[nH]c1ccccc21. The summed E-state index contributed by atoms with van der Waals surface area (Å²) in [5.41, 5.74) is 3.00. The second-order valence-electron chi connectivity index (χ2n) is 8.92. The predicted molar refractivity (Wildman–Crippen MR) is 120 cm³/mol. The first-order valence-corrected chi connectivity index (χ1v) is 10.4. The number of benzene rings is 2. The van der Waals surface area contributed by atoms with Crippen molar-refractivity contribution in [2.45, 2.75) is 39.2 Å². The Kier molecular flexibility index (Phi) is 5.17. The van der Waals surface area contributed by atoms with Gasteiger partial charge in [0.2, 0.25) is 0 Å². The number of para-hydroxylation sites is 1. The highest BCUT2D eigenvalue weighted by molar-refractivity contribution is 6.21. The largest absolute Gasteiger partial charge is 0.354 e. The molecule has 2 aromatic carbocycles. The number of hydrogen-bond donors (Lipinski definition) is 2. The van der Waals surface area contributed by atoms with E-state index in [1.807, 2.05) is 38.1 Å². The van der Waals surface area contributed by atoms with Gasteiger partial charge in [-0.05, 0) is 49.7 Å². The first-order chi connectivity index (χ1) is 14.7. The minimum atomic E-state index is -0.443. The van der Waals surface area contributed by atoms with Crippen LogP contribution in [0, 0.1) is 5.82 Å². The van der Waals surface area contributed by atoms with Gasteiger partial charge in [-0.3, -0.25) is 9.59 Å². The average molecular weight is 420 g/mol. The van der Waals surface area contributed by atoms with E-state index in [2.05, 4.69) is 24.1 Å². The molecular formula is C25H26FN3O2. The van der Waals surface area contributed by atoms with Crippen LogP contribution in [0.1, 0.15) is 49.3 Å². The van der Waals surface area contributed by atoms with E-state index in [1.54, 1.807) is 11.1 Å². The van der Waals surface area contributed by atoms with Crippen molar-refractivity contribution >= 4 is 28.3 Å². The number of hydrogen-bond acceptors (Lipinski definition) is 2. The second kappa shape index (κ2) is 7.69.